The van der Waals surface area contributed by atoms with Gasteiger partial charge in [0.05, 0.1) is 25.8 Å². The second kappa shape index (κ2) is 8.44. The van der Waals surface area contributed by atoms with E-state index in [0.29, 0.717) is 22.7 Å². The smallest absolute Gasteiger partial charge is 0.300 e. The number of nitrogens with zero attached hydrogens (tertiary/aromatic N) is 1. The lowest BCUT2D eigenvalue weighted by atomic mass is 9.94. The summed E-state index contributed by atoms with van der Waals surface area (Å²) in [7, 11) is 2.93. The molecule has 1 atom stereocenters. The number of aliphatic hydroxyl groups is 1. The van der Waals surface area contributed by atoms with Crippen LogP contribution in [-0.2, 0) is 9.59 Å². The maximum atomic E-state index is 13.4. The minimum Gasteiger partial charge on any atom is -0.506 e. The van der Waals surface area contributed by atoms with Gasteiger partial charge in [-0.3, -0.25) is 14.5 Å². The summed E-state index contributed by atoms with van der Waals surface area (Å²) in [5.41, 5.74) is 2.26. The molecular weight excluding hydrogens is 432 g/mol. The van der Waals surface area contributed by atoms with Gasteiger partial charge in [-0.15, -0.1) is 0 Å². The van der Waals surface area contributed by atoms with Crippen LogP contribution >= 0.6 is 0 Å². The van der Waals surface area contributed by atoms with Crippen molar-refractivity contribution in [3.63, 3.8) is 0 Å². The maximum absolute atomic E-state index is 13.4. The molecule has 1 saturated heterocycles. The molecule has 1 unspecified atom stereocenters. The van der Waals surface area contributed by atoms with Gasteiger partial charge in [-0.05, 0) is 30.3 Å². The molecule has 34 heavy (non-hydrogen) atoms. The third-order valence-electron chi connectivity index (χ3n) is 6.06. The number of hydrogen-bond donors (Lipinski definition) is 2. The highest BCUT2D eigenvalue weighted by Crippen LogP contribution is 2.46. The molecule has 4 aromatic rings. The van der Waals surface area contributed by atoms with Crippen LogP contribution in [0.2, 0.25) is 0 Å². The predicted molar refractivity (Wildman–Crippen MR) is 129 cm³/mol. The van der Waals surface area contributed by atoms with Gasteiger partial charge in [0.2, 0.25) is 0 Å². The fourth-order valence-electron chi connectivity index (χ4n) is 4.52. The number of aromatic amines is 1. The zero-order chi connectivity index (χ0) is 23.8. The van der Waals surface area contributed by atoms with Crippen molar-refractivity contribution in [2.45, 2.75) is 6.04 Å². The molecule has 1 aliphatic rings. The number of ketones is 1. The van der Waals surface area contributed by atoms with Crippen LogP contribution in [0, 0.1) is 0 Å². The SMILES string of the molecule is COc1cccc(OC)c1/C(O)=C1\C(=O)C(=O)N(c2ccccc2)C1c1c[nH]c2ccccc12. The van der Waals surface area contributed by atoms with Crippen LogP contribution in [0.25, 0.3) is 16.7 Å². The predicted octanol–water partition coefficient (Wildman–Crippen LogP) is 4.81. The fourth-order valence-corrected chi connectivity index (χ4v) is 4.52. The Morgan fingerprint density at radius 1 is 0.882 bits per heavy atom. The third-order valence-corrected chi connectivity index (χ3v) is 6.06. The van der Waals surface area contributed by atoms with Crippen LogP contribution in [0.15, 0.2) is 84.6 Å². The molecule has 2 N–H and O–H groups in total. The summed E-state index contributed by atoms with van der Waals surface area (Å²) in [6, 6.07) is 20.7. The Balaban J connectivity index is 1.83. The first-order chi connectivity index (χ1) is 16.6. The normalized spacial score (nSPS) is 17.4. The minimum atomic E-state index is -0.867. The topological polar surface area (TPSA) is 91.9 Å². The summed E-state index contributed by atoms with van der Waals surface area (Å²) in [5.74, 6) is -1.23. The van der Waals surface area contributed by atoms with Gasteiger partial charge in [-0.2, -0.15) is 0 Å². The number of carbonyl (C=O) groups is 2. The van der Waals surface area contributed by atoms with E-state index in [9.17, 15) is 14.7 Å². The van der Waals surface area contributed by atoms with Crippen LogP contribution in [0.4, 0.5) is 5.69 Å². The number of fused-ring (bicyclic) bond motifs is 1. The Labute approximate surface area is 195 Å². The van der Waals surface area contributed by atoms with E-state index in [1.54, 1.807) is 48.7 Å². The molecule has 5 rings (SSSR count). The van der Waals surface area contributed by atoms with Crippen LogP contribution < -0.4 is 14.4 Å². The minimum absolute atomic E-state index is 0.0404. The van der Waals surface area contributed by atoms with E-state index in [2.05, 4.69) is 4.98 Å². The summed E-state index contributed by atoms with van der Waals surface area (Å²) in [6.45, 7) is 0. The van der Waals surface area contributed by atoms with Crippen molar-refractivity contribution in [2.75, 3.05) is 19.1 Å². The largest absolute Gasteiger partial charge is 0.506 e. The molecule has 1 aromatic heterocycles. The summed E-state index contributed by atoms with van der Waals surface area (Å²) in [4.78, 5) is 31.4. The van der Waals surface area contributed by atoms with Crippen molar-refractivity contribution in [3.05, 3.63) is 95.7 Å². The summed E-state index contributed by atoms with van der Waals surface area (Å²) in [5, 5.41) is 12.4. The van der Waals surface area contributed by atoms with Crippen molar-refractivity contribution in [1.82, 2.24) is 4.98 Å². The molecule has 2 heterocycles. The lowest BCUT2D eigenvalue weighted by molar-refractivity contribution is -0.132. The van der Waals surface area contributed by atoms with Crippen molar-refractivity contribution in [2.24, 2.45) is 0 Å². The summed E-state index contributed by atoms with van der Waals surface area (Å²) in [6.07, 6.45) is 1.77. The molecule has 0 spiro atoms. The van der Waals surface area contributed by atoms with E-state index < -0.39 is 17.7 Å². The number of ether oxygens (including phenoxy) is 2. The number of aliphatic hydroxyl groups excluding tert-OH is 1. The molecule has 0 saturated carbocycles. The van der Waals surface area contributed by atoms with Crippen molar-refractivity contribution in [1.29, 1.82) is 0 Å². The van der Waals surface area contributed by atoms with Gasteiger partial charge < -0.3 is 19.6 Å². The molecule has 0 aliphatic carbocycles. The molecular formula is C27H22N2O5. The van der Waals surface area contributed by atoms with Gasteiger partial charge >= 0.3 is 0 Å². The lowest BCUT2D eigenvalue weighted by Gasteiger charge is -2.25. The van der Waals surface area contributed by atoms with E-state index >= 15 is 0 Å². The molecule has 7 heteroatoms. The molecule has 1 fully saturated rings. The number of H-pyrrole nitrogens is 1. The van der Waals surface area contributed by atoms with Gasteiger partial charge in [0.15, 0.2) is 0 Å². The van der Waals surface area contributed by atoms with Gasteiger partial charge in [0.1, 0.15) is 22.8 Å². The Kier molecular flexibility index (Phi) is 5.30. The zero-order valence-electron chi connectivity index (χ0n) is 18.6. The van der Waals surface area contributed by atoms with E-state index in [1.807, 2.05) is 30.3 Å². The first-order valence-corrected chi connectivity index (χ1v) is 10.7. The first-order valence-electron chi connectivity index (χ1n) is 10.7. The second-order valence-corrected chi connectivity index (χ2v) is 7.83. The fraction of sp³-hybridized carbons (Fsp3) is 0.111. The average Bonchev–Trinajstić information content (AvgIpc) is 3.42. The molecule has 0 bridgehead atoms. The lowest BCUT2D eigenvalue weighted by Crippen LogP contribution is -2.29. The number of Topliss-reactive ketones (excluding diaryl/α,β-unsaturated/α-hetero) is 1. The molecule has 170 valence electrons. The molecule has 7 nitrogen and oxygen atoms in total. The number of amides is 1. The number of methoxy groups -OCH3 is 2. The average molecular weight is 454 g/mol. The van der Waals surface area contributed by atoms with Crippen molar-refractivity contribution >= 4 is 34.0 Å². The number of hydrogen-bond acceptors (Lipinski definition) is 5. The molecule has 0 radical (unpaired) electrons. The van der Waals surface area contributed by atoms with Crippen LogP contribution in [0.1, 0.15) is 17.2 Å². The van der Waals surface area contributed by atoms with Crippen LogP contribution in [0.5, 0.6) is 11.5 Å². The summed E-state index contributed by atoms with van der Waals surface area (Å²) >= 11 is 0. The number of carbonyl (C=O) groups excluding carboxylic acids is 2. The highest BCUT2D eigenvalue weighted by Gasteiger charge is 2.48. The van der Waals surface area contributed by atoms with E-state index in [-0.39, 0.29) is 16.9 Å². The van der Waals surface area contributed by atoms with E-state index in [1.165, 1.54) is 19.1 Å². The van der Waals surface area contributed by atoms with Crippen LogP contribution in [-0.4, -0.2) is 36.0 Å². The monoisotopic (exact) mass is 454 g/mol. The second-order valence-electron chi connectivity index (χ2n) is 7.83. The van der Waals surface area contributed by atoms with Crippen molar-refractivity contribution in [3.8, 4) is 11.5 Å². The van der Waals surface area contributed by atoms with Crippen molar-refractivity contribution < 1.29 is 24.2 Å². The summed E-state index contributed by atoms with van der Waals surface area (Å²) < 4.78 is 10.9. The number of para-hydroxylation sites is 2. The molecule has 1 amide bonds. The molecule has 3 aromatic carbocycles. The number of nitrogens with one attached hydrogen (secondary N) is 1. The zero-order valence-corrected chi connectivity index (χ0v) is 18.6. The maximum Gasteiger partial charge on any atom is 0.300 e. The van der Waals surface area contributed by atoms with Gasteiger partial charge in [0.25, 0.3) is 11.7 Å². The third kappa shape index (κ3) is 3.21. The number of benzene rings is 3. The number of aromatic nitrogens is 1. The Morgan fingerprint density at radius 3 is 2.21 bits per heavy atom. The van der Waals surface area contributed by atoms with Crippen LogP contribution in [0.3, 0.4) is 0 Å². The number of anilines is 1. The van der Waals surface area contributed by atoms with E-state index in [4.69, 9.17) is 9.47 Å². The Hall–Kier alpha value is -4.52. The quantitative estimate of drug-likeness (QED) is 0.257. The van der Waals surface area contributed by atoms with Gasteiger partial charge in [-0.25, -0.2) is 0 Å². The number of rotatable bonds is 5. The standard InChI is InChI=1S/C27H22N2O5/c1-33-20-13-8-14-21(34-2)22(20)25(30)23-24(18-15-28-19-12-7-6-11-17(18)19)29(27(32)26(23)31)16-9-4-3-5-10-16/h3-15,24,28,30H,1-2H3/b25-23+. The van der Waals surface area contributed by atoms with E-state index in [0.717, 1.165) is 10.9 Å². The highest BCUT2D eigenvalue weighted by molar-refractivity contribution is 6.52. The Morgan fingerprint density at radius 2 is 1.53 bits per heavy atom. The highest BCUT2D eigenvalue weighted by atomic mass is 16.5. The van der Waals surface area contributed by atoms with Gasteiger partial charge in [0, 0.05) is 28.4 Å². The van der Waals surface area contributed by atoms with Gasteiger partial charge in [-0.1, -0.05) is 42.5 Å². The first kappa shape index (κ1) is 21.3. The molecule has 1 aliphatic heterocycles. The Bertz CT molecular complexity index is 1420.